The highest BCUT2D eigenvalue weighted by Gasteiger charge is 2.23. The third-order valence-corrected chi connectivity index (χ3v) is 7.02. The predicted molar refractivity (Wildman–Crippen MR) is 101 cm³/mol. The second-order valence-corrected chi connectivity index (χ2v) is 9.49. The van der Waals surface area contributed by atoms with Crippen LogP contribution in [0.15, 0.2) is 29.2 Å². The molecule has 1 heterocycles. The van der Waals surface area contributed by atoms with Crippen LogP contribution >= 0.6 is 11.3 Å². The van der Waals surface area contributed by atoms with Gasteiger partial charge in [0.05, 0.1) is 14.7 Å². The number of hydrogen-bond donors (Lipinski definition) is 2. The number of carbonyl (C=O) groups excluding carboxylic acids is 1. The van der Waals surface area contributed by atoms with Gasteiger partial charge in [-0.2, -0.15) is 0 Å². The predicted octanol–water partition coefficient (Wildman–Crippen LogP) is 2.71. The zero-order chi connectivity index (χ0) is 19.8. The van der Waals surface area contributed by atoms with Crippen LogP contribution in [0.25, 0.3) is 0 Å². The molecule has 0 fully saturated rings. The van der Waals surface area contributed by atoms with Crippen LogP contribution < -0.4 is 10.3 Å². The molecule has 27 heavy (non-hydrogen) atoms. The molecule has 10 heteroatoms. The molecule has 0 aliphatic heterocycles. The summed E-state index contributed by atoms with van der Waals surface area (Å²) in [6.45, 7) is 3.68. The number of amides is 1. The smallest absolute Gasteiger partial charge is 0.273 e. The van der Waals surface area contributed by atoms with Gasteiger partial charge in [0.15, 0.2) is 0 Å². The summed E-state index contributed by atoms with van der Waals surface area (Å²) in [5, 5.41) is 11.0. The Kier molecular flexibility index (Phi) is 5.31. The van der Waals surface area contributed by atoms with E-state index in [1.165, 1.54) is 30.4 Å². The van der Waals surface area contributed by atoms with Gasteiger partial charge in [-0.05, 0) is 49.8 Å². The van der Waals surface area contributed by atoms with Crippen molar-refractivity contribution in [2.45, 2.75) is 38.0 Å². The fourth-order valence-electron chi connectivity index (χ4n) is 3.00. The second kappa shape index (κ2) is 7.37. The maximum Gasteiger partial charge on any atom is 0.276 e. The van der Waals surface area contributed by atoms with Crippen molar-refractivity contribution in [1.29, 1.82) is 0 Å². The summed E-state index contributed by atoms with van der Waals surface area (Å²) in [6.07, 6.45) is 2.92. The van der Waals surface area contributed by atoms with Gasteiger partial charge in [-0.1, -0.05) is 13.0 Å². The Balaban J connectivity index is 1.73. The van der Waals surface area contributed by atoms with E-state index in [0.29, 0.717) is 16.4 Å². The van der Waals surface area contributed by atoms with Gasteiger partial charge in [-0.25, -0.2) is 8.42 Å². The minimum atomic E-state index is -4.13. The lowest BCUT2D eigenvalue weighted by atomic mass is 9.90. The Hall–Kier alpha value is -2.30. The Bertz CT molecular complexity index is 1010. The zero-order valence-corrected chi connectivity index (χ0v) is 16.4. The van der Waals surface area contributed by atoms with Crippen LogP contribution in [0.5, 0.6) is 0 Å². The number of nitrogens with one attached hydrogen (secondary N) is 2. The van der Waals surface area contributed by atoms with Gasteiger partial charge in [0.2, 0.25) is 0 Å². The fraction of sp³-hybridized carbons (Fsp3) is 0.353. The topological polar surface area (TPSA) is 118 Å². The molecule has 2 aromatic rings. The van der Waals surface area contributed by atoms with Crippen LogP contribution in [0.1, 0.15) is 39.0 Å². The molecule has 1 atom stereocenters. The summed E-state index contributed by atoms with van der Waals surface area (Å²) >= 11 is 1.36. The molecule has 1 aromatic carbocycles. The molecule has 0 radical (unpaired) electrons. The number of sulfonamides is 1. The van der Waals surface area contributed by atoms with Crippen LogP contribution in [-0.2, 0) is 22.9 Å². The Morgan fingerprint density at radius 3 is 2.78 bits per heavy atom. The van der Waals surface area contributed by atoms with E-state index < -0.39 is 20.9 Å². The number of hydrazine groups is 1. The zero-order valence-electron chi connectivity index (χ0n) is 14.8. The standard InChI is InChI=1S/C17H19N3O5S2/c1-10-3-6-15-12(7-10)8-16(26-15)17(21)18-19-27(24,25)13-5-4-11(2)14(9-13)20(22)23/h4-5,8-10,19H,3,6-7H2,1-2H3,(H,18,21). The second-order valence-electron chi connectivity index (χ2n) is 6.67. The first-order valence-corrected chi connectivity index (χ1v) is 10.7. The number of nitro benzene ring substituents is 1. The lowest BCUT2D eigenvalue weighted by molar-refractivity contribution is -0.385. The third-order valence-electron chi connectivity index (χ3n) is 4.54. The van der Waals surface area contributed by atoms with Crippen LogP contribution in [0, 0.1) is 23.0 Å². The molecule has 2 N–H and O–H groups in total. The van der Waals surface area contributed by atoms with Crippen LogP contribution in [0.3, 0.4) is 0 Å². The summed E-state index contributed by atoms with van der Waals surface area (Å²) in [4.78, 5) is 26.0. The number of carbonyl (C=O) groups is 1. The largest absolute Gasteiger partial charge is 0.276 e. The minimum Gasteiger partial charge on any atom is -0.273 e. The highest BCUT2D eigenvalue weighted by atomic mass is 32.2. The molecule has 0 spiro atoms. The first-order chi connectivity index (χ1) is 12.7. The third kappa shape index (κ3) is 4.18. The normalized spacial score (nSPS) is 16.6. The summed E-state index contributed by atoms with van der Waals surface area (Å²) in [5.41, 5.74) is 3.37. The van der Waals surface area contributed by atoms with Gasteiger partial charge < -0.3 is 0 Å². The average molecular weight is 409 g/mol. The SMILES string of the molecule is Cc1ccc(S(=O)(=O)NNC(=O)c2cc3c(s2)CCC(C)C3)cc1[N+](=O)[O-]. The van der Waals surface area contributed by atoms with Gasteiger partial charge in [0.1, 0.15) is 0 Å². The number of rotatable bonds is 5. The van der Waals surface area contributed by atoms with E-state index in [-0.39, 0.29) is 10.6 Å². The quantitative estimate of drug-likeness (QED) is 0.581. The van der Waals surface area contributed by atoms with Gasteiger partial charge in [-0.3, -0.25) is 20.3 Å². The number of fused-ring (bicyclic) bond motifs is 1. The molecule has 1 aliphatic carbocycles. The van der Waals surface area contributed by atoms with Crippen molar-refractivity contribution in [3.05, 3.63) is 55.3 Å². The molecule has 1 aromatic heterocycles. The van der Waals surface area contributed by atoms with Crippen molar-refractivity contribution in [2.75, 3.05) is 0 Å². The van der Waals surface area contributed by atoms with Gasteiger partial charge in [0, 0.05) is 16.5 Å². The van der Waals surface area contributed by atoms with E-state index in [2.05, 4.69) is 12.3 Å². The average Bonchev–Trinajstić information content (AvgIpc) is 3.02. The number of aryl methyl sites for hydroxylation is 2. The van der Waals surface area contributed by atoms with Crippen molar-refractivity contribution in [3.63, 3.8) is 0 Å². The number of hydrogen-bond acceptors (Lipinski definition) is 6. The van der Waals surface area contributed by atoms with Crippen molar-refractivity contribution in [3.8, 4) is 0 Å². The molecule has 1 unspecified atom stereocenters. The molecular formula is C17H19N3O5S2. The molecule has 1 aliphatic rings. The molecular weight excluding hydrogens is 390 g/mol. The highest BCUT2D eigenvalue weighted by molar-refractivity contribution is 7.89. The monoisotopic (exact) mass is 409 g/mol. The van der Waals surface area contributed by atoms with Gasteiger partial charge >= 0.3 is 0 Å². The van der Waals surface area contributed by atoms with E-state index >= 15 is 0 Å². The maximum absolute atomic E-state index is 12.3. The Labute approximate surface area is 160 Å². The van der Waals surface area contributed by atoms with Crippen molar-refractivity contribution < 1.29 is 18.1 Å². The number of nitro groups is 1. The Morgan fingerprint density at radius 2 is 2.07 bits per heavy atom. The van der Waals surface area contributed by atoms with Gasteiger partial charge in [0.25, 0.3) is 21.6 Å². The van der Waals surface area contributed by atoms with Crippen molar-refractivity contribution in [2.24, 2.45) is 5.92 Å². The molecule has 144 valence electrons. The maximum atomic E-state index is 12.3. The van der Waals surface area contributed by atoms with Crippen LogP contribution in [0.4, 0.5) is 5.69 Å². The Morgan fingerprint density at radius 1 is 1.33 bits per heavy atom. The highest BCUT2D eigenvalue weighted by Crippen LogP contribution is 2.32. The summed E-state index contributed by atoms with van der Waals surface area (Å²) < 4.78 is 24.7. The van der Waals surface area contributed by atoms with E-state index in [4.69, 9.17) is 0 Å². The molecule has 1 amide bonds. The molecule has 0 bridgehead atoms. The lowest BCUT2D eigenvalue weighted by Crippen LogP contribution is -2.41. The lowest BCUT2D eigenvalue weighted by Gasteiger charge is -2.16. The molecule has 0 saturated heterocycles. The summed E-state index contributed by atoms with van der Waals surface area (Å²) in [5.74, 6) is 0.0195. The summed E-state index contributed by atoms with van der Waals surface area (Å²) in [7, 11) is -4.13. The summed E-state index contributed by atoms with van der Waals surface area (Å²) in [6, 6.07) is 5.37. The van der Waals surface area contributed by atoms with Crippen molar-refractivity contribution >= 4 is 33.0 Å². The molecule has 8 nitrogen and oxygen atoms in total. The van der Waals surface area contributed by atoms with E-state index in [9.17, 15) is 23.3 Å². The van der Waals surface area contributed by atoms with E-state index in [0.717, 1.165) is 35.8 Å². The van der Waals surface area contributed by atoms with E-state index in [1.54, 1.807) is 6.07 Å². The van der Waals surface area contributed by atoms with Crippen molar-refractivity contribution in [1.82, 2.24) is 10.3 Å². The van der Waals surface area contributed by atoms with Gasteiger partial charge in [-0.15, -0.1) is 16.2 Å². The van der Waals surface area contributed by atoms with Crippen LogP contribution in [-0.4, -0.2) is 19.2 Å². The molecule has 3 rings (SSSR count). The number of benzene rings is 1. The number of nitrogens with zero attached hydrogens (tertiary/aromatic N) is 1. The number of thiophene rings is 1. The molecule has 0 saturated carbocycles. The first kappa shape index (κ1) is 19.5. The minimum absolute atomic E-state index is 0.292. The van der Waals surface area contributed by atoms with Crippen LogP contribution in [0.2, 0.25) is 0 Å². The fourth-order valence-corrected chi connectivity index (χ4v) is 4.97. The van der Waals surface area contributed by atoms with E-state index in [1.807, 2.05) is 4.83 Å². The first-order valence-electron chi connectivity index (χ1n) is 8.36.